The standard InChI is InChI=1S/C17H17N5O3/c1-10-7-13(21-25-10)17(23)22-6-5-12-14(9-22)20-16(19-12)11-3-4-15(24-2)18-8-11/h3-4,7-8H,5-6,9H2,1-2H3,(H,19,20). The highest BCUT2D eigenvalue weighted by molar-refractivity contribution is 5.92. The van der Waals surface area contributed by atoms with Gasteiger partial charge >= 0.3 is 0 Å². The van der Waals surface area contributed by atoms with E-state index in [4.69, 9.17) is 9.26 Å². The highest BCUT2D eigenvalue weighted by atomic mass is 16.5. The van der Waals surface area contributed by atoms with E-state index in [1.54, 1.807) is 37.3 Å². The maximum atomic E-state index is 12.5. The number of carbonyl (C=O) groups is 1. The van der Waals surface area contributed by atoms with Gasteiger partial charge in [0.25, 0.3) is 5.91 Å². The normalized spacial score (nSPS) is 13.6. The minimum Gasteiger partial charge on any atom is -0.481 e. The van der Waals surface area contributed by atoms with Crippen LogP contribution in [0.5, 0.6) is 5.88 Å². The summed E-state index contributed by atoms with van der Waals surface area (Å²) in [7, 11) is 1.58. The monoisotopic (exact) mass is 339 g/mol. The summed E-state index contributed by atoms with van der Waals surface area (Å²) in [5, 5.41) is 3.80. The van der Waals surface area contributed by atoms with E-state index in [-0.39, 0.29) is 5.91 Å². The summed E-state index contributed by atoms with van der Waals surface area (Å²) >= 11 is 0. The van der Waals surface area contributed by atoms with Crippen LogP contribution in [0.2, 0.25) is 0 Å². The fourth-order valence-corrected chi connectivity index (χ4v) is 2.87. The Balaban J connectivity index is 1.55. The van der Waals surface area contributed by atoms with Gasteiger partial charge in [0, 0.05) is 36.9 Å². The van der Waals surface area contributed by atoms with E-state index in [9.17, 15) is 4.79 Å². The van der Waals surface area contributed by atoms with Crippen molar-refractivity contribution in [1.82, 2.24) is 25.0 Å². The number of imidazole rings is 1. The van der Waals surface area contributed by atoms with E-state index in [2.05, 4.69) is 20.1 Å². The van der Waals surface area contributed by atoms with Crippen molar-refractivity contribution in [3.8, 4) is 17.3 Å². The first-order valence-corrected chi connectivity index (χ1v) is 7.95. The number of aromatic amines is 1. The lowest BCUT2D eigenvalue weighted by molar-refractivity contribution is 0.0721. The smallest absolute Gasteiger partial charge is 0.276 e. The molecule has 0 fully saturated rings. The molecule has 0 bridgehead atoms. The number of carbonyl (C=O) groups excluding carboxylic acids is 1. The number of aryl methyl sites for hydroxylation is 1. The third kappa shape index (κ3) is 2.86. The van der Waals surface area contributed by atoms with Crippen LogP contribution in [0.1, 0.15) is 27.6 Å². The number of nitrogens with one attached hydrogen (secondary N) is 1. The third-order valence-corrected chi connectivity index (χ3v) is 4.19. The predicted molar refractivity (Wildman–Crippen MR) is 88.1 cm³/mol. The molecule has 0 saturated carbocycles. The molecule has 0 atom stereocenters. The van der Waals surface area contributed by atoms with Gasteiger partial charge in [-0.25, -0.2) is 9.97 Å². The van der Waals surface area contributed by atoms with Crippen LogP contribution in [0, 0.1) is 6.92 Å². The molecule has 0 aromatic carbocycles. The van der Waals surface area contributed by atoms with Gasteiger partial charge in [0.2, 0.25) is 5.88 Å². The molecule has 1 N–H and O–H groups in total. The number of aromatic nitrogens is 4. The first-order chi connectivity index (χ1) is 12.1. The number of pyridine rings is 1. The Hall–Kier alpha value is -3.16. The topological polar surface area (TPSA) is 97.1 Å². The van der Waals surface area contributed by atoms with Gasteiger partial charge in [0.1, 0.15) is 11.6 Å². The largest absolute Gasteiger partial charge is 0.481 e. The molecule has 128 valence electrons. The molecule has 1 aliphatic heterocycles. The quantitative estimate of drug-likeness (QED) is 0.783. The first-order valence-electron chi connectivity index (χ1n) is 7.95. The van der Waals surface area contributed by atoms with E-state index < -0.39 is 0 Å². The lowest BCUT2D eigenvalue weighted by Crippen LogP contribution is -2.36. The van der Waals surface area contributed by atoms with Crippen LogP contribution in [0.25, 0.3) is 11.4 Å². The second-order valence-corrected chi connectivity index (χ2v) is 5.90. The Morgan fingerprint density at radius 1 is 1.40 bits per heavy atom. The minimum atomic E-state index is -0.134. The number of rotatable bonds is 3. The Labute approximate surface area is 143 Å². The van der Waals surface area contributed by atoms with Crippen molar-refractivity contribution in [2.45, 2.75) is 19.9 Å². The average Bonchev–Trinajstić information content (AvgIpc) is 3.26. The van der Waals surface area contributed by atoms with Gasteiger partial charge in [-0.05, 0) is 13.0 Å². The maximum Gasteiger partial charge on any atom is 0.276 e. The third-order valence-electron chi connectivity index (χ3n) is 4.19. The van der Waals surface area contributed by atoms with Crippen molar-refractivity contribution in [1.29, 1.82) is 0 Å². The number of ether oxygens (including phenoxy) is 1. The molecule has 0 saturated heterocycles. The molecule has 8 nitrogen and oxygen atoms in total. The van der Waals surface area contributed by atoms with E-state index in [0.29, 0.717) is 36.8 Å². The van der Waals surface area contributed by atoms with Crippen LogP contribution < -0.4 is 4.74 Å². The molecule has 3 aromatic heterocycles. The van der Waals surface area contributed by atoms with E-state index in [1.165, 1.54) is 0 Å². The molecule has 8 heteroatoms. The van der Waals surface area contributed by atoms with Gasteiger partial charge in [-0.15, -0.1) is 0 Å². The summed E-state index contributed by atoms with van der Waals surface area (Å²) in [6.07, 6.45) is 2.40. The van der Waals surface area contributed by atoms with Gasteiger partial charge in [-0.3, -0.25) is 4.79 Å². The Morgan fingerprint density at radius 3 is 2.96 bits per heavy atom. The Bertz CT molecular complexity index is 913. The zero-order chi connectivity index (χ0) is 17.4. The lowest BCUT2D eigenvalue weighted by Gasteiger charge is -2.25. The van der Waals surface area contributed by atoms with Crippen LogP contribution in [0.15, 0.2) is 28.9 Å². The van der Waals surface area contributed by atoms with Crippen molar-refractivity contribution in [2.24, 2.45) is 0 Å². The second-order valence-electron chi connectivity index (χ2n) is 5.90. The molecule has 0 spiro atoms. The zero-order valence-corrected chi connectivity index (χ0v) is 13.9. The fourth-order valence-electron chi connectivity index (χ4n) is 2.87. The number of amides is 1. The summed E-state index contributed by atoms with van der Waals surface area (Å²) in [6.45, 7) is 2.84. The van der Waals surface area contributed by atoms with Gasteiger partial charge in [-0.1, -0.05) is 5.16 Å². The summed E-state index contributed by atoms with van der Waals surface area (Å²) < 4.78 is 10.1. The van der Waals surface area contributed by atoms with E-state index >= 15 is 0 Å². The predicted octanol–water partition coefficient (Wildman–Crippen LogP) is 1.98. The number of hydrogen-bond acceptors (Lipinski definition) is 6. The van der Waals surface area contributed by atoms with Crippen LogP contribution in [0.3, 0.4) is 0 Å². The number of methoxy groups -OCH3 is 1. The number of fused-ring (bicyclic) bond motifs is 1. The average molecular weight is 339 g/mol. The highest BCUT2D eigenvalue weighted by Gasteiger charge is 2.26. The fraction of sp³-hybridized carbons (Fsp3) is 0.294. The molecule has 1 amide bonds. The first kappa shape index (κ1) is 15.4. The van der Waals surface area contributed by atoms with Gasteiger partial charge in [-0.2, -0.15) is 0 Å². The molecular weight excluding hydrogens is 322 g/mol. The Morgan fingerprint density at radius 2 is 2.28 bits per heavy atom. The maximum absolute atomic E-state index is 12.5. The van der Waals surface area contributed by atoms with E-state index in [1.807, 2.05) is 6.07 Å². The second kappa shape index (κ2) is 6.04. The van der Waals surface area contributed by atoms with Crippen molar-refractivity contribution in [3.05, 3.63) is 47.2 Å². The Kier molecular flexibility index (Phi) is 3.72. The minimum absolute atomic E-state index is 0.134. The molecule has 1 aliphatic rings. The summed E-state index contributed by atoms with van der Waals surface area (Å²) in [4.78, 5) is 26.4. The van der Waals surface area contributed by atoms with Gasteiger partial charge in [0.05, 0.1) is 25.0 Å². The van der Waals surface area contributed by atoms with Gasteiger partial charge < -0.3 is 19.1 Å². The van der Waals surface area contributed by atoms with Crippen molar-refractivity contribution in [2.75, 3.05) is 13.7 Å². The molecule has 4 rings (SSSR count). The van der Waals surface area contributed by atoms with Crippen molar-refractivity contribution >= 4 is 5.91 Å². The molecule has 25 heavy (non-hydrogen) atoms. The van der Waals surface area contributed by atoms with Gasteiger partial charge in [0.15, 0.2) is 5.69 Å². The summed E-state index contributed by atoms with van der Waals surface area (Å²) in [5.41, 5.74) is 3.12. The molecular formula is C17H17N5O3. The SMILES string of the molecule is COc1ccc(-c2nc3c([nH]2)CN(C(=O)c2cc(C)on2)CC3)cn1. The molecule has 0 aliphatic carbocycles. The van der Waals surface area contributed by atoms with Crippen LogP contribution in [0.4, 0.5) is 0 Å². The molecule has 0 unspecified atom stereocenters. The van der Waals surface area contributed by atoms with Crippen LogP contribution >= 0.6 is 0 Å². The highest BCUT2D eigenvalue weighted by Crippen LogP contribution is 2.24. The van der Waals surface area contributed by atoms with Crippen LogP contribution in [-0.4, -0.2) is 44.6 Å². The van der Waals surface area contributed by atoms with Crippen LogP contribution in [-0.2, 0) is 13.0 Å². The molecule has 0 radical (unpaired) electrons. The molecule has 4 heterocycles. The van der Waals surface area contributed by atoms with Crippen molar-refractivity contribution in [3.63, 3.8) is 0 Å². The number of hydrogen-bond donors (Lipinski definition) is 1. The number of nitrogens with zero attached hydrogens (tertiary/aromatic N) is 4. The summed E-state index contributed by atoms with van der Waals surface area (Å²) in [6, 6.07) is 5.34. The number of H-pyrrole nitrogens is 1. The lowest BCUT2D eigenvalue weighted by atomic mass is 10.1. The van der Waals surface area contributed by atoms with Crippen molar-refractivity contribution < 1.29 is 14.1 Å². The zero-order valence-electron chi connectivity index (χ0n) is 13.9. The molecule has 3 aromatic rings. The van der Waals surface area contributed by atoms with E-state index in [0.717, 1.165) is 22.8 Å². The summed E-state index contributed by atoms with van der Waals surface area (Å²) in [5.74, 6) is 1.79.